The lowest BCUT2D eigenvalue weighted by atomic mass is 10.2. The van der Waals surface area contributed by atoms with Crippen LogP contribution in [-0.4, -0.2) is 30.2 Å². The molecule has 0 radical (unpaired) electrons. The molecule has 2 rings (SSSR count). The summed E-state index contributed by atoms with van der Waals surface area (Å²) in [6, 6.07) is 9.89. The summed E-state index contributed by atoms with van der Waals surface area (Å²) in [5, 5.41) is 3.22. The molecule has 4 nitrogen and oxygen atoms in total. The number of benzene rings is 1. The molecule has 0 fully saturated rings. The lowest BCUT2D eigenvalue weighted by molar-refractivity contribution is 0.210. The monoisotopic (exact) mass is 321 g/mol. The number of anilines is 1. The SMILES string of the molecule is COCCNc1cc(C)nc(-c2ccc(Br)cc2)n1. The van der Waals surface area contributed by atoms with Crippen LogP contribution in [0.25, 0.3) is 11.4 Å². The first-order valence-corrected chi connectivity index (χ1v) is 6.83. The molecule has 0 aliphatic rings. The van der Waals surface area contributed by atoms with Gasteiger partial charge in [-0.2, -0.15) is 0 Å². The first-order valence-electron chi connectivity index (χ1n) is 6.03. The largest absolute Gasteiger partial charge is 0.383 e. The van der Waals surface area contributed by atoms with Gasteiger partial charge < -0.3 is 10.1 Å². The van der Waals surface area contributed by atoms with Gasteiger partial charge >= 0.3 is 0 Å². The molecule has 19 heavy (non-hydrogen) atoms. The average Bonchev–Trinajstić information content (AvgIpc) is 2.39. The van der Waals surface area contributed by atoms with Crippen molar-refractivity contribution in [3.05, 3.63) is 40.5 Å². The van der Waals surface area contributed by atoms with E-state index in [-0.39, 0.29) is 0 Å². The van der Waals surface area contributed by atoms with Crippen LogP contribution in [0.4, 0.5) is 5.82 Å². The number of ether oxygens (including phenoxy) is 1. The first kappa shape index (κ1) is 14.0. The number of nitrogens with zero attached hydrogens (tertiary/aromatic N) is 2. The van der Waals surface area contributed by atoms with Gasteiger partial charge in [0.25, 0.3) is 0 Å². The van der Waals surface area contributed by atoms with Gasteiger partial charge in [-0.05, 0) is 19.1 Å². The highest BCUT2D eigenvalue weighted by atomic mass is 79.9. The molecular formula is C14H16BrN3O. The summed E-state index contributed by atoms with van der Waals surface area (Å²) >= 11 is 3.42. The molecule has 0 bridgehead atoms. The highest BCUT2D eigenvalue weighted by Crippen LogP contribution is 2.20. The zero-order valence-corrected chi connectivity index (χ0v) is 12.6. The van der Waals surface area contributed by atoms with Crippen molar-refractivity contribution in [2.75, 3.05) is 25.6 Å². The molecule has 0 aliphatic carbocycles. The van der Waals surface area contributed by atoms with E-state index in [4.69, 9.17) is 4.74 Å². The van der Waals surface area contributed by atoms with Gasteiger partial charge in [0.1, 0.15) is 5.82 Å². The minimum absolute atomic E-state index is 0.649. The Hall–Kier alpha value is -1.46. The minimum Gasteiger partial charge on any atom is -0.383 e. The molecule has 0 spiro atoms. The summed E-state index contributed by atoms with van der Waals surface area (Å²) in [6.45, 7) is 3.34. The summed E-state index contributed by atoms with van der Waals surface area (Å²) in [7, 11) is 1.68. The maximum atomic E-state index is 5.01. The molecule has 0 saturated carbocycles. The van der Waals surface area contributed by atoms with E-state index in [1.807, 2.05) is 37.3 Å². The molecule has 0 atom stereocenters. The summed E-state index contributed by atoms with van der Waals surface area (Å²) in [4.78, 5) is 8.98. The lowest BCUT2D eigenvalue weighted by Crippen LogP contribution is -2.09. The van der Waals surface area contributed by atoms with Crippen LogP contribution in [0.1, 0.15) is 5.69 Å². The number of rotatable bonds is 5. The van der Waals surface area contributed by atoms with Crippen molar-refractivity contribution in [2.45, 2.75) is 6.92 Å². The highest BCUT2D eigenvalue weighted by Gasteiger charge is 2.04. The fourth-order valence-corrected chi connectivity index (χ4v) is 1.93. The minimum atomic E-state index is 0.649. The van der Waals surface area contributed by atoms with Crippen LogP contribution in [0.15, 0.2) is 34.8 Å². The molecule has 1 aromatic carbocycles. The first-order chi connectivity index (χ1) is 9.19. The number of aromatic nitrogens is 2. The van der Waals surface area contributed by atoms with E-state index in [0.717, 1.165) is 33.9 Å². The topological polar surface area (TPSA) is 47.0 Å². The molecule has 0 unspecified atom stereocenters. The quantitative estimate of drug-likeness (QED) is 0.858. The third-order valence-electron chi connectivity index (χ3n) is 2.57. The van der Waals surface area contributed by atoms with Crippen molar-refractivity contribution in [3.8, 4) is 11.4 Å². The highest BCUT2D eigenvalue weighted by molar-refractivity contribution is 9.10. The Morgan fingerprint density at radius 3 is 2.63 bits per heavy atom. The van der Waals surface area contributed by atoms with E-state index in [1.165, 1.54) is 0 Å². The molecule has 5 heteroatoms. The molecule has 1 heterocycles. The number of halogens is 1. The Kier molecular flexibility index (Phi) is 4.87. The lowest BCUT2D eigenvalue weighted by Gasteiger charge is -2.08. The normalized spacial score (nSPS) is 10.5. The summed E-state index contributed by atoms with van der Waals surface area (Å²) in [5.41, 5.74) is 1.94. The number of methoxy groups -OCH3 is 1. The molecule has 1 aromatic heterocycles. The van der Waals surface area contributed by atoms with E-state index in [1.54, 1.807) is 7.11 Å². The molecule has 0 saturated heterocycles. The Balaban J connectivity index is 2.23. The van der Waals surface area contributed by atoms with Gasteiger partial charge in [0.05, 0.1) is 6.61 Å². The molecule has 100 valence electrons. The van der Waals surface area contributed by atoms with Gasteiger partial charge in [-0.15, -0.1) is 0 Å². The number of hydrogen-bond acceptors (Lipinski definition) is 4. The number of hydrogen-bond donors (Lipinski definition) is 1. The second-order valence-electron chi connectivity index (χ2n) is 4.14. The molecule has 1 N–H and O–H groups in total. The van der Waals surface area contributed by atoms with Gasteiger partial charge in [-0.25, -0.2) is 9.97 Å². The second-order valence-corrected chi connectivity index (χ2v) is 5.06. The van der Waals surface area contributed by atoms with E-state index in [9.17, 15) is 0 Å². The van der Waals surface area contributed by atoms with E-state index in [0.29, 0.717) is 6.61 Å². The van der Waals surface area contributed by atoms with Crippen LogP contribution in [0.2, 0.25) is 0 Å². The summed E-state index contributed by atoms with van der Waals surface area (Å²) < 4.78 is 6.05. The predicted molar refractivity (Wildman–Crippen MR) is 80.3 cm³/mol. The Bertz CT molecular complexity index is 543. The van der Waals surface area contributed by atoms with Crippen molar-refractivity contribution < 1.29 is 4.74 Å². The van der Waals surface area contributed by atoms with Crippen molar-refractivity contribution in [1.82, 2.24) is 9.97 Å². The summed E-state index contributed by atoms with van der Waals surface area (Å²) in [6.07, 6.45) is 0. The Morgan fingerprint density at radius 2 is 1.95 bits per heavy atom. The van der Waals surface area contributed by atoms with Crippen LogP contribution in [0.5, 0.6) is 0 Å². The van der Waals surface area contributed by atoms with Crippen molar-refractivity contribution >= 4 is 21.7 Å². The van der Waals surface area contributed by atoms with Crippen molar-refractivity contribution in [3.63, 3.8) is 0 Å². The predicted octanol–water partition coefficient (Wildman–Crippen LogP) is 3.27. The number of nitrogens with one attached hydrogen (secondary N) is 1. The van der Waals surface area contributed by atoms with Gasteiger partial charge in [-0.3, -0.25) is 0 Å². The van der Waals surface area contributed by atoms with Crippen molar-refractivity contribution in [2.24, 2.45) is 0 Å². The van der Waals surface area contributed by atoms with Crippen LogP contribution >= 0.6 is 15.9 Å². The third kappa shape index (κ3) is 4.01. The van der Waals surface area contributed by atoms with Gasteiger partial charge in [0.15, 0.2) is 5.82 Å². The van der Waals surface area contributed by atoms with Gasteiger partial charge in [-0.1, -0.05) is 28.1 Å². The maximum absolute atomic E-state index is 5.01. The van der Waals surface area contributed by atoms with Gasteiger partial charge in [0.2, 0.25) is 0 Å². The molecule has 2 aromatic rings. The zero-order chi connectivity index (χ0) is 13.7. The van der Waals surface area contributed by atoms with E-state index >= 15 is 0 Å². The van der Waals surface area contributed by atoms with E-state index < -0.39 is 0 Å². The second kappa shape index (κ2) is 6.63. The number of aryl methyl sites for hydroxylation is 1. The Labute approximate surface area is 121 Å². The fourth-order valence-electron chi connectivity index (χ4n) is 1.67. The molecule has 0 aliphatic heterocycles. The standard InChI is InChI=1S/C14H16BrN3O/c1-10-9-13(16-7-8-19-2)18-14(17-10)11-3-5-12(15)6-4-11/h3-6,9H,7-8H2,1-2H3,(H,16,17,18). The van der Waals surface area contributed by atoms with E-state index in [2.05, 4.69) is 31.2 Å². The van der Waals surface area contributed by atoms with Crippen LogP contribution < -0.4 is 5.32 Å². The average molecular weight is 322 g/mol. The molecular weight excluding hydrogens is 306 g/mol. The van der Waals surface area contributed by atoms with Crippen LogP contribution in [-0.2, 0) is 4.74 Å². The smallest absolute Gasteiger partial charge is 0.161 e. The Morgan fingerprint density at radius 1 is 1.21 bits per heavy atom. The summed E-state index contributed by atoms with van der Waals surface area (Å²) in [5.74, 6) is 1.55. The van der Waals surface area contributed by atoms with Gasteiger partial charge in [0, 0.05) is 35.5 Å². The fraction of sp³-hybridized carbons (Fsp3) is 0.286. The molecule has 0 amide bonds. The van der Waals surface area contributed by atoms with Crippen molar-refractivity contribution in [1.29, 1.82) is 0 Å². The van der Waals surface area contributed by atoms with Crippen LogP contribution in [0, 0.1) is 6.92 Å². The maximum Gasteiger partial charge on any atom is 0.161 e. The van der Waals surface area contributed by atoms with Crippen LogP contribution in [0.3, 0.4) is 0 Å². The third-order valence-corrected chi connectivity index (χ3v) is 3.10. The zero-order valence-electron chi connectivity index (χ0n) is 11.0.